The fraction of sp³-hybridized carbons (Fsp3) is 0.625. The van der Waals surface area contributed by atoms with Gasteiger partial charge in [-0.3, -0.25) is 4.90 Å². The number of nitrogens with zero attached hydrogens (tertiary/aromatic N) is 1. The molecule has 1 N–H and O–H groups in total. The van der Waals surface area contributed by atoms with Gasteiger partial charge in [0.05, 0.1) is 12.0 Å². The average Bonchev–Trinajstić information content (AvgIpc) is 2.37. The molecule has 5 heteroatoms. The molecule has 1 heterocycles. The van der Waals surface area contributed by atoms with E-state index in [1.54, 1.807) is 4.90 Å². The highest BCUT2D eigenvalue weighted by Gasteiger charge is 2.41. The summed E-state index contributed by atoms with van der Waals surface area (Å²) in [5.41, 5.74) is 2.88. The van der Waals surface area contributed by atoms with Gasteiger partial charge in [0.25, 0.3) is 0 Å². The number of alkyl halides is 3. The molecule has 1 aliphatic rings. The van der Waals surface area contributed by atoms with Crippen LogP contribution < -0.4 is 0 Å². The molecule has 0 aromatic heterocycles. The number of rotatable bonds is 3. The van der Waals surface area contributed by atoms with E-state index in [0.717, 1.165) is 16.7 Å². The Labute approximate surface area is 123 Å². The number of benzene rings is 1. The van der Waals surface area contributed by atoms with Gasteiger partial charge in [0.1, 0.15) is 0 Å². The van der Waals surface area contributed by atoms with E-state index in [1.165, 1.54) is 0 Å². The molecule has 0 spiro atoms. The first kappa shape index (κ1) is 16.3. The van der Waals surface area contributed by atoms with Gasteiger partial charge in [0.15, 0.2) is 0 Å². The minimum Gasteiger partial charge on any atom is -0.387 e. The number of piperidine rings is 1. The molecule has 21 heavy (non-hydrogen) atoms. The molecule has 0 aliphatic carbocycles. The second-order valence-electron chi connectivity index (χ2n) is 6.08. The quantitative estimate of drug-likeness (QED) is 0.922. The first-order valence-corrected chi connectivity index (χ1v) is 7.31. The molecule has 2 unspecified atom stereocenters. The van der Waals surface area contributed by atoms with E-state index in [2.05, 4.69) is 0 Å². The number of β-amino-alcohol motifs (C(OH)–C–C–N with tert-alkyl or cyclic N) is 1. The van der Waals surface area contributed by atoms with Crippen molar-refractivity contribution in [3.8, 4) is 0 Å². The van der Waals surface area contributed by atoms with Crippen LogP contribution in [0.3, 0.4) is 0 Å². The number of hydrogen-bond donors (Lipinski definition) is 1. The van der Waals surface area contributed by atoms with Crippen LogP contribution in [-0.4, -0.2) is 35.8 Å². The highest BCUT2D eigenvalue weighted by molar-refractivity contribution is 5.30. The van der Waals surface area contributed by atoms with Gasteiger partial charge in [0, 0.05) is 13.1 Å². The molecule has 1 fully saturated rings. The van der Waals surface area contributed by atoms with E-state index in [4.69, 9.17) is 0 Å². The summed E-state index contributed by atoms with van der Waals surface area (Å²) in [4.78, 5) is 1.73. The van der Waals surface area contributed by atoms with E-state index in [0.29, 0.717) is 13.0 Å². The molecule has 118 valence electrons. The maximum Gasteiger partial charge on any atom is 0.393 e. The SMILES string of the molecule is Cc1cc(C)cc(C(O)CN2CCCC(C(F)(F)F)C2)c1. The fourth-order valence-electron chi connectivity index (χ4n) is 3.04. The molecule has 2 rings (SSSR count). The third kappa shape index (κ3) is 4.45. The van der Waals surface area contributed by atoms with Crippen molar-refractivity contribution in [1.29, 1.82) is 0 Å². The standard InChI is InChI=1S/C16H22F3NO/c1-11-6-12(2)8-13(7-11)15(21)10-20-5-3-4-14(9-20)16(17,18)19/h6-8,14-15,21H,3-5,9-10H2,1-2H3. The Morgan fingerprint density at radius 1 is 1.24 bits per heavy atom. The largest absolute Gasteiger partial charge is 0.393 e. The molecule has 1 saturated heterocycles. The molecular formula is C16H22F3NO. The Hall–Kier alpha value is -1.07. The number of aliphatic hydroxyl groups is 1. The lowest BCUT2D eigenvalue weighted by molar-refractivity contribution is -0.187. The summed E-state index contributed by atoms with van der Waals surface area (Å²) in [6.07, 6.45) is -4.15. The maximum atomic E-state index is 12.8. The average molecular weight is 301 g/mol. The van der Waals surface area contributed by atoms with Crippen LogP contribution in [0.2, 0.25) is 0 Å². The van der Waals surface area contributed by atoms with Gasteiger partial charge in [-0.25, -0.2) is 0 Å². The summed E-state index contributed by atoms with van der Waals surface area (Å²) < 4.78 is 38.4. The van der Waals surface area contributed by atoms with Crippen molar-refractivity contribution >= 4 is 0 Å². The third-order valence-corrected chi connectivity index (χ3v) is 4.03. The molecule has 0 bridgehead atoms. The van der Waals surface area contributed by atoms with Crippen molar-refractivity contribution < 1.29 is 18.3 Å². The van der Waals surface area contributed by atoms with Crippen molar-refractivity contribution in [1.82, 2.24) is 4.90 Å². The maximum absolute atomic E-state index is 12.8. The summed E-state index contributed by atoms with van der Waals surface area (Å²) in [7, 11) is 0. The monoisotopic (exact) mass is 301 g/mol. The Morgan fingerprint density at radius 3 is 2.43 bits per heavy atom. The molecule has 1 aromatic rings. The van der Waals surface area contributed by atoms with Gasteiger partial charge in [-0.15, -0.1) is 0 Å². The van der Waals surface area contributed by atoms with Crippen LogP contribution in [0.25, 0.3) is 0 Å². The summed E-state index contributed by atoms with van der Waals surface area (Å²) >= 11 is 0. The van der Waals surface area contributed by atoms with E-state index >= 15 is 0 Å². The minimum atomic E-state index is -4.14. The van der Waals surface area contributed by atoms with Gasteiger partial charge in [-0.1, -0.05) is 29.3 Å². The lowest BCUT2D eigenvalue weighted by atomic mass is 9.96. The predicted octanol–water partition coefficient (Wildman–Crippen LogP) is 3.61. The Balaban J connectivity index is 2.00. The third-order valence-electron chi connectivity index (χ3n) is 4.03. The van der Waals surface area contributed by atoms with Crippen LogP contribution in [0, 0.1) is 19.8 Å². The first-order valence-electron chi connectivity index (χ1n) is 7.31. The zero-order valence-electron chi connectivity index (χ0n) is 12.5. The summed E-state index contributed by atoms with van der Waals surface area (Å²) in [5.74, 6) is -1.27. The molecule has 2 atom stereocenters. The van der Waals surface area contributed by atoms with Crippen molar-refractivity contribution in [2.24, 2.45) is 5.92 Å². The highest BCUT2D eigenvalue weighted by atomic mass is 19.4. The van der Waals surface area contributed by atoms with E-state index in [-0.39, 0.29) is 19.5 Å². The zero-order chi connectivity index (χ0) is 15.6. The van der Waals surface area contributed by atoms with Crippen LogP contribution >= 0.6 is 0 Å². The molecule has 0 amide bonds. The number of likely N-dealkylation sites (tertiary alicyclic amines) is 1. The highest BCUT2D eigenvalue weighted by Crippen LogP contribution is 2.33. The van der Waals surface area contributed by atoms with Crippen LogP contribution in [0.5, 0.6) is 0 Å². The zero-order valence-corrected chi connectivity index (χ0v) is 12.5. The molecule has 0 saturated carbocycles. The first-order chi connectivity index (χ1) is 9.75. The normalized spacial score (nSPS) is 22.3. The number of aryl methyl sites for hydroxylation is 2. The molecule has 2 nitrogen and oxygen atoms in total. The minimum absolute atomic E-state index is 0.00857. The number of hydrogen-bond acceptors (Lipinski definition) is 2. The van der Waals surface area contributed by atoms with Gasteiger partial charge >= 0.3 is 6.18 Å². The fourth-order valence-corrected chi connectivity index (χ4v) is 3.04. The summed E-state index contributed by atoms with van der Waals surface area (Å²) in [5, 5.41) is 10.3. The lowest BCUT2D eigenvalue weighted by Gasteiger charge is -2.34. The number of halogens is 3. The molecule has 0 radical (unpaired) electrons. The van der Waals surface area contributed by atoms with Crippen LogP contribution in [-0.2, 0) is 0 Å². The van der Waals surface area contributed by atoms with E-state index < -0.39 is 18.2 Å². The Bertz CT molecular complexity index is 467. The molecule has 1 aliphatic heterocycles. The number of aliphatic hydroxyl groups excluding tert-OH is 1. The second kappa shape index (κ2) is 6.36. The van der Waals surface area contributed by atoms with Crippen molar-refractivity contribution in [2.75, 3.05) is 19.6 Å². The second-order valence-corrected chi connectivity index (χ2v) is 6.08. The molecule has 1 aromatic carbocycles. The summed E-state index contributed by atoms with van der Waals surface area (Å²) in [6, 6.07) is 5.79. The van der Waals surface area contributed by atoms with Crippen LogP contribution in [0.15, 0.2) is 18.2 Å². The summed E-state index contributed by atoms with van der Waals surface area (Å²) in [6.45, 7) is 4.77. The van der Waals surface area contributed by atoms with Crippen molar-refractivity contribution in [3.05, 3.63) is 34.9 Å². The predicted molar refractivity (Wildman–Crippen MR) is 76.1 cm³/mol. The van der Waals surface area contributed by atoms with E-state index in [1.807, 2.05) is 32.0 Å². The van der Waals surface area contributed by atoms with Gasteiger partial charge in [-0.05, 0) is 38.8 Å². The topological polar surface area (TPSA) is 23.5 Å². The van der Waals surface area contributed by atoms with Crippen LogP contribution in [0.1, 0.15) is 35.6 Å². The smallest absolute Gasteiger partial charge is 0.387 e. The van der Waals surface area contributed by atoms with Crippen LogP contribution in [0.4, 0.5) is 13.2 Å². The lowest BCUT2D eigenvalue weighted by Crippen LogP contribution is -2.43. The van der Waals surface area contributed by atoms with E-state index in [9.17, 15) is 18.3 Å². The Morgan fingerprint density at radius 2 is 1.86 bits per heavy atom. The van der Waals surface area contributed by atoms with Gasteiger partial charge in [0.2, 0.25) is 0 Å². The molecular weight excluding hydrogens is 279 g/mol. The van der Waals surface area contributed by atoms with Crippen molar-refractivity contribution in [3.63, 3.8) is 0 Å². The van der Waals surface area contributed by atoms with Gasteiger partial charge in [-0.2, -0.15) is 13.2 Å². The Kier molecular flexibility index (Phi) is 4.94. The van der Waals surface area contributed by atoms with Crippen molar-refractivity contribution in [2.45, 2.75) is 39.0 Å². The van der Waals surface area contributed by atoms with Gasteiger partial charge < -0.3 is 5.11 Å².